The van der Waals surface area contributed by atoms with E-state index in [9.17, 15) is 4.79 Å². The molecule has 0 atom stereocenters. The third-order valence-electron chi connectivity index (χ3n) is 6.39. The number of nitrogens with two attached hydrogens (primary N) is 1. The van der Waals surface area contributed by atoms with E-state index in [-0.39, 0.29) is 11.6 Å². The maximum absolute atomic E-state index is 12.5. The summed E-state index contributed by atoms with van der Waals surface area (Å²) in [7, 11) is 1.63. The fourth-order valence-corrected chi connectivity index (χ4v) is 4.58. The molecule has 0 saturated carbocycles. The number of amides is 1. The van der Waals surface area contributed by atoms with Gasteiger partial charge in [0.25, 0.3) is 5.91 Å². The molecule has 0 aliphatic carbocycles. The molecule has 2 aliphatic rings. The van der Waals surface area contributed by atoms with Crippen LogP contribution in [0.5, 0.6) is 5.75 Å². The summed E-state index contributed by atoms with van der Waals surface area (Å²) in [6.45, 7) is 5.67. The number of piperidine rings is 1. The number of nitrogens with one attached hydrogen (secondary N) is 4. The highest BCUT2D eigenvalue weighted by Gasteiger charge is 2.23. The number of aromatic nitrogens is 3. The van der Waals surface area contributed by atoms with Gasteiger partial charge >= 0.3 is 0 Å². The molecular formula is C23H31N9O2. The van der Waals surface area contributed by atoms with Gasteiger partial charge in [-0.15, -0.1) is 0 Å². The van der Waals surface area contributed by atoms with Gasteiger partial charge in [0.05, 0.1) is 12.8 Å². The van der Waals surface area contributed by atoms with Gasteiger partial charge in [-0.3, -0.25) is 9.20 Å². The Morgan fingerprint density at radius 2 is 1.94 bits per heavy atom. The minimum atomic E-state index is -0.601. The molecule has 0 spiro atoms. The second kappa shape index (κ2) is 9.74. The molecular weight excluding hydrogens is 434 g/mol. The molecule has 1 amide bonds. The van der Waals surface area contributed by atoms with Crippen LogP contribution in [0.1, 0.15) is 23.2 Å². The molecule has 6 N–H and O–H groups in total. The summed E-state index contributed by atoms with van der Waals surface area (Å²) in [5, 5.41) is 13.5. The van der Waals surface area contributed by atoms with Crippen molar-refractivity contribution in [3.05, 3.63) is 36.2 Å². The number of piperazine rings is 1. The van der Waals surface area contributed by atoms with Crippen molar-refractivity contribution in [2.24, 2.45) is 5.73 Å². The highest BCUT2D eigenvalue weighted by molar-refractivity contribution is 6.04. The molecule has 34 heavy (non-hydrogen) atoms. The average molecular weight is 466 g/mol. The minimum Gasteiger partial charge on any atom is -0.494 e. The van der Waals surface area contributed by atoms with Crippen molar-refractivity contribution in [2.75, 3.05) is 61.9 Å². The van der Waals surface area contributed by atoms with E-state index in [1.807, 2.05) is 18.2 Å². The van der Waals surface area contributed by atoms with Crippen molar-refractivity contribution in [1.29, 1.82) is 0 Å². The molecule has 1 aromatic carbocycles. The molecule has 0 radical (unpaired) electrons. The average Bonchev–Trinajstić information content (AvgIpc) is 3.35. The highest BCUT2D eigenvalue weighted by Crippen LogP contribution is 2.34. The Morgan fingerprint density at radius 3 is 2.68 bits per heavy atom. The molecule has 3 aromatic rings. The normalized spacial score (nSPS) is 17.0. The smallest absolute Gasteiger partial charge is 0.256 e. The molecule has 180 valence electrons. The molecule has 2 saturated heterocycles. The van der Waals surface area contributed by atoms with E-state index in [0.717, 1.165) is 57.8 Å². The number of benzene rings is 1. The maximum atomic E-state index is 12.5. The van der Waals surface area contributed by atoms with Crippen LogP contribution in [0.15, 0.2) is 30.6 Å². The summed E-state index contributed by atoms with van der Waals surface area (Å²) in [6, 6.07) is 6.26. The first-order valence-corrected chi connectivity index (χ1v) is 11.7. The predicted octanol–water partition coefficient (Wildman–Crippen LogP) is 1.15. The van der Waals surface area contributed by atoms with Crippen LogP contribution in [-0.4, -0.2) is 72.7 Å². The zero-order chi connectivity index (χ0) is 23.5. The number of hydrogen-bond acceptors (Lipinski definition) is 9. The van der Waals surface area contributed by atoms with E-state index in [0.29, 0.717) is 28.9 Å². The van der Waals surface area contributed by atoms with Gasteiger partial charge in [-0.25, -0.2) is 4.98 Å². The summed E-state index contributed by atoms with van der Waals surface area (Å²) >= 11 is 0. The lowest BCUT2D eigenvalue weighted by molar-refractivity contribution is 0.100. The molecule has 4 heterocycles. The second-order valence-corrected chi connectivity index (χ2v) is 8.56. The lowest BCUT2D eigenvalue weighted by Gasteiger charge is -2.30. The van der Waals surface area contributed by atoms with Crippen LogP contribution in [-0.2, 0) is 0 Å². The monoisotopic (exact) mass is 465 g/mol. The molecule has 2 aromatic heterocycles. The van der Waals surface area contributed by atoms with Crippen molar-refractivity contribution in [3.63, 3.8) is 0 Å². The van der Waals surface area contributed by atoms with Crippen molar-refractivity contribution in [1.82, 2.24) is 25.0 Å². The van der Waals surface area contributed by atoms with Gasteiger partial charge in [0.15, 0.2) is 11.5 Å². The lowest BCUT2D eigenvalue weighted by atomic mass is 10.1. The number of fused-ring (bicyclic) bond motifs is 1. The summed E-state index contributed by atoms with van der Waals surface area (Å²) in [5.41, 5.74) is 8.24. The number of rotatable bonds is 7. The predicted molar refractivity (Wildman–Crippen MR) is 132 cm³/mol. The quantitative estimate of drug-likeness (QED) is 0.348. The van der Waals surface area contributed by atoms with Crippen LogP contribution in [0.2, 0.25) is 0 Å². The molecule has 11 heteroatoms. The number of primary amides is 1. The van der Waals surface area contributed by atoms with Crippen molar-refractivity contribution >= 4 is 34.7 Å². The summed E-state index contributed by atoms with van der Waals surface area (Å²) in [5.74, 6) is 1.01. The SMILES string of the molecule is COc1cc(N2CCNCC2)ccc1Nc1nc(NC2CCNCC2)n2ccnc2c1C(N)=O. The molecule has 0 bridgehead atoms. The van der Waals surface area contributed by atoms with Gasteiger partial charge in [0.1, 0.15) is 11.3 Å². The van der Waals surface area contributed by atoms with Gasteiger partial charge < -0.3 is 36.6 Å². The Balaban J connectivity index is 1.51. The Morgan fingerprint density at radius 1 is 1.18 bits per heavy atom. The molecule has 11 nitrogen and oxygen atoms in total. The Hall–Kier alpha value is -3.57. The lowest BCUT2D eigenvalue weighted by Crippen LogP contribution is -2.43. The van der Waals surface area contributed by atoms with Crippen LogP contribution in [0, 0.1) is 0 Å². The second-order valence-electron chi connectivity index (χ2n) is 8.56. The number of methoxy groups -OCH3 is 1. The first-order valence-electron chi connectivity index (χ1n) is 11.7. The maximum Gasteiger partial charge on any atom is 0.256 e. The zero-order valence-corrected chi connectivity index (χ0v) is 19.3. The van der Waals surface area contributed by atoms with Crippen LogP contribution < -0.4 is 36.6 Å². The van der Waals surface area contributed by atoms with Crippen molar-refractivity contribution < 1.29 is 9.53 Å². The fraction of sp³-hybridized carbons (Fsp3) is 0.435. The number of hydrogen-bond donors (Lipinski definition) is 5. The number of anilines is 4. The highest BCUT2D eigenvalue weighted by atomic mass is 16.5. The van der Waals surface area contributed by atoms with E-state index in [1.54, 1.807) is 23.9 Å². The largest absolute Gasteiger partial charge is 0.494 e. The van der Waals surface area contributed by atoms with E-state index >= 15 is 0 Å². The number of imidazole rings is 1. The first-order chi connectivity index (χ1) is 16.6. The number of nitrogens with zero attached hydrogens (tertiary/aromatic N) is 4. The number of carbonyl (C=O) groups excluding carboxylic acids is 1. The summed E-state index contributed by atoms with van der Waals surface area (Å²) < 4.78 is 7.46. The molecule has 5 rings (SSSR count). The number of carbonyl (C=O) groups is 1. The van der Waals surface area contributed by atoms with Gasteiger partial charge in [-0.1, -0.05) is 0 Å². The third kappa shape index (κ3) is 4.44. The standard InChI is InChI=1S/C23H31N9O2/c1-34-18-14-16(31-11-8-26-9-12-31)2-3-17(18)29-21-19(20(24)33)22-27-10-13-32(22)23(30-21)28-15-4-6-25-7-5-15/h2-3,10,13-15,25-26,29H,4-9,11-12H2,1H3,(H2,24,33)(H,28,30). The minimum absolute atomic E-state index is 0.231. The number of ether oxygens (including phenoxy) is 1. The first kappa shape index (κ1) is 22.2. The molecule has 2 fully saturated rings. The molecule has 2 aliphatic heterocycles. The topological polar surface area (TPSA) is 134 Å². The van der Waals surface area contributed by atoms with Crippen molar-refractivity contribution in [3.8, 4) is 5.75 Å². The van der Waals surface area contributed by atoms with Crippen LogP contribution in [0.4, 0.5) is 23.1 Å². The zero-order valence-electron chi connectivity index (χ0n) is 19.3. The summed E-state index contributed by atoms with van der Waals surface area (Å²) in [6.07, 6.45) is 5.40. The summed E-state index contributed by atoms with van der Waals surface area (Å²) in [4.78, 5) is 23.9. The Labute approximate surface area is 198 Å². The van der Waals surface area contributed by atoms with E-state index in [1.165, 1.54) is 0 Å². The van der Waals surface area contributed by atoms with E-state index in [2.05, 4.69) is 31.2 Å². The van der Waals surface area contributed by atoms with Crippen LogP contribution >= 0.6 is 0 Å². The van der Waals surface area contributed by atoms with Gasteiger partial charge in [0, 0.05) is 56.4 Å². The van der Waals surface area contributed by atoms with Gasteiger partial charge in [-0.05, 0) is 38.1 Å². The molecule has 0 unspecified atom stereocenters. The van der Waals surface area contributed by atoms with Crippen LogP contribution in [0.25, 0.3) is 5.65 Å². The Bertz CT molecular complexity index is 1170. The van der Waals surface area contributed by atoms with Gasteiger partial charge in [0.2, 0.25) is 5.95 Å². The van der Waals surface area contributed by atoms with Crippen LogP contribution in [0.3, 0.4) is 0 Å². The van der Waals surface area contributed by atoms with Gasteiger partial charge in [-0.2, -0.15) is 4.98 Å². The van der Waals surface area contributed by atoms with Crippen molar-refractivity contribution in [2.45, 2.75) is 18.9 Å². The fourth-order valence-electron chi connectivity index (χ4n) is 4.58. The Kier molecular flexibility index (Phi) is 6.37. The van der Waals surface area contributed by atoms with E-state index < -0.39 is 5.91 Å². The van der Waals surface area contributed by atoms with E-state index in [4.69, 9.17) is 15.5 Å². The third-order valence-corrected chi connectivity index (χ3v) is 6.39.